The van der Waals surface area contributed by atoms with E-state index in [2.05, 4.69) is 15.2 Å². The number of sulfonamides is 1. The van der Waals surface area contributed by atoms with Crippen LogP contribution in [0.2, 0.25) is 5.02 Å². The van der Waals surface area contributed by atoms with Crippen molar-refractivity contribution in [1.29, 1.82) is 0 Å². The first-order valence-corrected chi connectivity index (χ1v) is 11.4. The van der Waals surface area contributed by atoms with Gasteiger partial charge in [-0.3, -0.25) is 9.52 Å². The van der Waals surface area contributed by atoms with Gasteiger partial charge in [0, 0.05) is 11.6 Å². The first kappa shape index (κ1) is 22.1. The molecule has 2 aromatic carbocycles. The molecule has 3 rings (SSSR count). The number of anilines is 2. The van der Waals surface area contributed by atoms with E-state index >= 15 is 0 Å². The predicted molar refractivity (Wildman–Crippen MR) is 117 cm³/mol. The lowest BCUT2D eigenvalue weighted by molar-refractivity contribution is 0.102. The molecule has 0 saturated heterocycles. The van der Waals surface area contributed by atoms with Crippen LogP contribution in [0.5, 0.6) is 0 Å². The number of nitrogens with one attached hydrogen (secondary N) is 2. The maximum Gasteiger partial charge on any atom is 0.261 e. The summed E-state index contributed by atoms with van der Waals surface area (Å²) in [4.78, 5) is 12.4. The molecule has 0 bridgehead atoms. The Balaban J connectivity index is 1.77. The van der Waals surface area contributed by atoms with Crippen LogP contribution in [0.15, 0.2) is 58.1 Å². The van der Waals surface area contributed by atoms with E-state index in [4.69, 9.17) is 27.7 Å². The Morgan fingerprint density at radius 3 is 2.53 bits per heavy atom. The quantitative estimate of drug-likeness (QED) is 0.460. The molecule has 0 unspecified atom stereocenters. The fourth-order valence-electron chi connectivity index (χ4n) is 2.71. The first-order chi connectivity index (χ1) is 14.3. The third-order valence-corrected chi connectivity index (χ3v) is 6.27. The van der Waals surface area contributed by atoms with Crippen LogP contribution in [-0.2, 0) is 16.4 Å². The average molecular weight is 468 g/mol. The molecule has 0 saturated carbocycles. The highest BCUT2D eigenvalue weighted by Crippen LogP contribution is 2.28. The summed E-state index contributed by atoms with van der Waals surface area (Å²) < 4.78 is 32.8. The van der Waals surface area contributed by atoms with E-state index in [0.29, 0.717) is 17.3 Å². The van der Waals surface area contributed by atoms with Gasteiger partial charge in [0.15, 0.2) is 0 Å². The number of carbonyl (C=O) groups excluding carboxylic acids is 1. The lowest BCUT2D eigenvalue weighted by atomic mass is 10.1. The normalized spacial score (nSPS) is 11.3. The minimum Gasteiger partial charge on any atom is -0.361 e. The topological polar surface area (TPSA) is 101 Å². The summed E-state index contributed by atoms with van der Waals surface area (Å²) in [7, 11) is -3.87. The van der Waals surface area contributed by atoms with Crippen molar-refractivity contribution in [3.8, 4) is 0 Å². The van der Waals surface area contributed by atoms with Crippen LogP contribution in [0.1, 0.15) is 28.1 Å². The number of aromatic nitrogens is 1. The van der Waals surface area contributed by atoms with E-state index in [1.54, 1.807) is 25.1 Å². The molecule has 158 valence electrons. The molecule has 1 heterocycles. The molecular weight excluding hydrogens is 449 g/mol. The molecule has 10 heteroatoms. The standard InChI is InChI=1S/C20H19Cl2N3O4S/c1-13-17(12-23-29-13)20(26)24-15-6-9-18(22)19(11-15)25-30(27,28)16-7-4-14(5-8-16)3-2-10-21/h4-9,11-12,25H,2-3,10H2,1H3,(H,24,26). The van der Waals surface area contributed by atoms with Gasteiger partial charge in [0.1, 0.15) is 11.3 Å². The van der Waals surface area contributed by atoms with E-state index in [0.717, 1.165) is 18.4 Å². The Hall–Kier alpha value is -2.55. The molecule has 30 heavy (non-hydrogen) atoms. The molecule has 0 radical (unpaired) electrons. The minimum atomic E-state index is -3.87. The third-order valence-electron chi connectivity index (χ3n) is 4.30. The monoisotopic (exact) mass is 467 g/mol. The van der Waals surface area contributed by atoms with Gasteiger partial charge in [0.2, 0.25) is 0 Å². The van der Waals surface area contributed by atoms with Gasteiger partial charge < -0.3 is 9.84 Å². The summed E-state index contributed by atoms with van der Waals surface area (Å²) in [5.74, 6) is 0.484. The Bertz CT molecular complexity index is 1150. The maximum atomic E-state index is 12.7. The van der Waals surface area contributed by atoms with Gasteiger partial charge in [-0.25, -0.2) is 8.42 Å². The second-order valence-corrected chi connectivity index (χ2v) is 8.95. The first-order valence-electron chi connectivity index (χ1n) is 9.00. The van der Waals surface area contributed by atoms with Gasteiger partial charge in [-0.05, 0) is 55.7 Å². The summed E-state index contributed by atoms with van der Waals surface area (Å²) in [5, 5.41) is 6.42. The number of halogens is 2. The van der Waals surface area contributed by atoms with Gasteiger partial charge >= 0.3 is 0 Å². The van der Waals surface area contributed by atoms with Crippen LogP contribution in [0.3, 0.4) is 0 Å². The number of rotatable bonds is 8. The summed E-state index contributed by atoms with van der Waals surface area (Å²) in [6.45, 7) is 1.62. The Kier molecular flexibility index (Phi) is 7.02. The lowest BCUT2D eigenvalue weighted by Crippen LogP contribution is -2.15. The summed E-state index contributed by atoms with van der Waals surface area (Å²) in [6.07, 6.45) is 2.89. The SMILES string of the molecule is Cc1oncc1C(=O)Nc1ccc(Cl)c(NS(=O)(=O)c2ccc(CCCCl)cc2)c1. The minimum absolute atomic E-state index is 0.0997. The molecule has 2 N–H and O–H groups in total. The van der Waals surface area contributed by atoms with Crippen molar-refractivity contribution in [1.82, 2.24) is 5.16 Å². The highest BCUT2D eigenvalue weighted by Gasteiger charge is 2.18. The molecular formula is C20H19Cl2N3O4S. The Morgan fingerprint density at radius 2 is 1.90 bits per heavy atom. The number of benzene rings is 2. The maximum absolute atomic E-state index is 12.7. The molecule has 0 aliphatic carbocycles. The number of hydrogen-bond donors (Lipinski definition) is 2. The van der Waals surface area contributed by atoms with Gasteiger partial charge in [-0.1, -0.05) is 28.9 Å². The van der Waals surface area contributed by atoms with E-state index < -0.39 is 15.9 Å². The van der Waals surface area contributed by atoms with Crippen LogP contribution in [0, 0.1) is 6.92 Å². The smallest absolute Gasteiger partial charge is 0.261 e. The fourth-order valence-corrected chi connectivity index (χ4v) is 4.13. The van der Waals surface area contributed by atoms with Crippen molar-refractivity contribution >= 4 is 50.5 Å². The number of carbonyl (C=O) groups is 1. The third kappa shape index (κ3) is 5.33. The second kappa shape index (κ2) is 9.51. The molecule has 0 atom stereocenters. The number of hydrogen-bond acceptors (Lipinski definition) is 5. The number of aryl methyl sites for hydroxylation is 2. The van der Waals surface area contributed by atoms with Crippen molar-refractivity contribution in [3.05, 3.63) is 70.6 Å². The van der Waals surface area contributed by atoms with Gasteiger partial charge in [-0.15, -0.1) is 11.6 Å². The molecule has 3 aromatic rings. The molecule has 1 aromatic heterocycles. The van der Waals surface area contributed by atoms with Crippen molar-refractivity contribution in [2.24, 2.45) is 0 Å². The fraction of sp³-hybridized carbons (Fsp3) is 0.200. The Labute approximate surface area is 184 Å². The van der Waals surface area contributed by atoms with Gasteiger partial charge in [0.05, 0.1) is 21.8 Å². The van der Waals surface area contributed by atoms with E-state index in [9.17, 15) is 13.2 Å². The molecule has 0 fully saturated rings. The zero-order valence-electron chi connectivity index (χ0n) is 16.0. The summed E-state index contributed by atoms with van der Waals surface area (Å²) >= 11 is 11.8. The zero-order chi connectivity index (χ0) is 21.7. The van der Waals surface area contributed by atoms with Crippen LogP contribution < -0.4 is 10.0 Å². The lowest BCUT2D eigenvalue weighted by Gasteiger charge is -2.12. The summed E-state index contributed by atoms with van der Waals surface area (Å²) in [5.41, 5.74) is 1.78. The number of alkyl halides is 1. The molecule has 0 aliphatic rings. The van der Waals surface area contributed by atoms with Crippen LogP contribution >= 0.6 is 23.2 Å². The van der Waals surface area contributed by atoms with Gasteiger partial charge in [0.25, 0.3) is 15.9 Å². The molecule has 0 spiro atoms. The molecule has 7 nitrogen and oxygen atoms in total. The van der Waals surface area contributed by atoms with E-state index in [-0.39, 0.29) is 21.2 Å². The van der Waals surface area contributed by atoms with Crippen LogP contribution in [0.4, 0.5) is 11.4 Å². The number of nitrogens with zero attached hydrogens (tertiary/aromatic N) is 1. The summed E-state index contributed by atoms with van der Waals surface area (Å²) in [6, 6.07) is 11.0. The molecule has 0 aliphatic heterocycles. The van der Waals surface area contributed by atoms with Crippen molar-refractivity contribution in [2.75, 3.05) is 15.9 Å². The van der Waals surface area contributed by atoms with Crippen LogP contribution in [-0.4, -0.2) is 25.4 Å². The molecule has 1 amide bonds. The largest absolute Gasteiger partial charge is 0.361 e. The Morgan fingerprint density at radius 1 is 1.17 bits per heavy atom. The van der Waals surface area contributed by atoms with Crippen LogP contribution in [0.25, 0.3) is 0 Å². The second-order valence-electron chi connectivity index (χ2n) is 6.49. The number of amides is 1. The van der Waals surface area contributed by atoms with Crippen molar-refractivity contribution in [3.63, 3.8) is 0 Å². The zero-order valence-corrected chi connectivity index (χ0v) is 18.3. The van der Waals surface area contributed by atoms with Crippen molar-refractivity contribution in [2.45, 2.75) is 24.7 Å². The predicted octanol–water partition coefficient (Wildman–Crippen LogP) is 4.86. The highest BCUT2D eigenvalue weighted by atomic mass is 35.5. The van der Waals surface area contributed by atoms with E-state index in [1.165, 1.54) is 30.5 Å². The van der Waals surface area contributed by atoms with E-state index in [1.807, 2.05) is 0 Å². The van der Waals surface area contributed by atoms with Gasteiger partial charge in [-0.2, -0.15) is 0 Å². The average Bonchev–Trinajstić information content (AvgIpc) is 3.15. The van der Waals surface area contributed by atoms with Crippen molar-refractivity contribution < 1.29 is 17.7 Å². The highest BCUT2D eigenvalue weighted by molar-refractivity contribution is 7.92.